The Kier molecular flexibility index (Phi) is 4.99. The summed E-state index contributed by atoms with van der Waals surface area (Å²) in [6.45, 7) is 0. The second-order valence-electron chi connectivity index (χ2n) is 5.01. The highest BCUT2D eigenvalue weighted by Gasteiger charge is 2.02. The third-order valence-corrected chi connectivity index (χ3v) is 3.59. The first kappa shape index (κ1) is 15.9. The van der Waals surface area contributed by atoms with E-state index >= 15 is 0 Å². The number of halogens is 1. The lowest BCUT2D eigenvalue weighted by Crippen LogP contribution is -2.07. The van der Waals surface area contributed by atoms with Gasteiger partial charge in [-0.2, -0.15) is 0 Å². The highest BCUT2D eigenvalue weighted by Crippen LogP contribution is 2.20. The Labute approximate surface area is 144 Å². The molecular formula is C19H14ClN3O. The summed E-state index contributed by atoms with van der Waals surface area (Å²) in [5, 5.41) is 3.21. The van der Waals surface area contributed by atoms with Gasteiger partial charge in [0, 0.05) is 29.6 Å². The SMILES string of the molecule is O=C(/C=C/c1cnc(-c2ccccc2)nc1)Nc1ccccc1Cl. The van der Waals surface area contributed by atoms with Crippen molar-refractivity contribution in [1.29, 1.82) is 0 Å². The number of hydrogen-bond donors (Lipinski definition) is 1. The number of para-hydroxylation sites is 1. The van der Waals surface area contributed by atoms with E-state index in [1.165, 1.54) is 6.08 Å². The van der Waals surface area contributed by atoms with Crippen molar-refractivity contribution < 1.29 is 4.79 Å². The van der Waals surface area contributed by atoms with Crippen LogP contribution in [0.15, 0.2) is 73.1 Å². The second kappa shape index (κ2) is 7.53. The van der Waals surface area contributed by atoms with Crippen LogP contribution in [0.3, 0.4) is 0 Å². The van der Waals surface area contributed by atoms with E-state index in [1.807, 2.05) is 30.3 Å². The molecule has 0 saturated heterocycles. The predicted octanol–water partition coefficient (Wildman–Crippen LogP) is 4.45. The monoisotopic (exact) mass is 335 g/mol. The van der Waals surface area contributed by atoms with E-state index in [1.54, 1.807) is 42.7 Å². The summed E-state index contributed by atoms with van der Waals surface area (Å²) in [5.41, 5.74) is 2.26. The van der Waals surface area contributed by atoms with Crippen LogP contribution in [-0.4, -0.2) is 15.9 Å². The van der Waals surface area contributed by atoms with Gasteiger partial charge in [0.25, 0.3) is 0 Å². The first-order chi connectivity index (χ1) is 11.7. The molecule has 1 aromatic heterocycles. The van der Waals surface area contributed by atoms with Gasteiger partial charge in [-0.15, -0.1) is 0 Å². The van der Waals surface area contributed by atoms with E-state index in [-0.39, 0.29) is 5.91 Å². The Morgan fingerprint density at radius 1 is 0.958 bits per heavy atom. The summed E-state index contributed by atoms with van der Waals surface area (Å²) in [5.74, 6) is 0.378. The number of amides is 1. The van der Waals surface area contributed by atoms with Crippen molar-refractivity contribution in [3.05, 3.63) is 83.7 Å². The zero-order valence-electron chi connectivity index (χ0n) is 12.7. The molecule has 3 rings (SSSR count). The minimum atomic E-state index is -0.268. The minimum Gasteiger partial charge on any atom is -0.321 e. The molecule has 0 spiro atoms. The van der Waals surface area contributed by atoms with E-state index < -0.39 is 0 Å². The number of nitrogens with one attached hydrogen (secondary N) is 1. The van der Waals surface area contributed by atoms with Crippen molar-refractivity contribution in [3.63, 3.8) is 0 Å². The highest BCUT2D eigenvalue weighted by atomic mass is 35.5. The Morgan fingerprint density at radius 2 is 1.62 bits per heavy atom. The van der Waals surface area contributed by atoms with Crippen molar-refractivity contribution in [2.45, 2.75) is 0 Å². The van der Waals surface area contributed by atoms with Crippen molar-refractivity contribution in [3.8, 4) is 11.4 Å². The van der Waals surface area contributed by atoms with Crippen molar-refractivity contribution >= 4 is 29.3 Å². The molecule has 0 aliphatic carbocycles. The maximum atomic E-state index is 11.9. The fourth-order valence-electron chi connectivity index (χ4n) is 2.07. The third-order valence-electron chi connectivity index (χ3n) is 3.26. The molecule has 0 bridgehead atoms. The Bertz CT molecular complexity index is 861. The smallest absolute Gasteiger partial charge is 0.248 e. The molecule has 2 aromatic carbocycles. The Hall–Kier alpha value is -2.98. The largest absolute Gasteiger partial charge is 0.321 e. The lowest BCUT2D eigenvalue weighted by Gasteiger charge is -2.03. The molecular weight excluding hydrogens is 322 g/mol. The summed E-state index contributed by atoms with van der Waals surface area (Å²) in [4.78, 5) is 20.5. The van der Waals surface area contributed by atoms with Gasteiger partial charge in [-0.05, 0) is 18.2 Å². The number of rotatable bonds is 4. The first-order valence-corrected chi connectivity index (χ1v) is 7.71. The number of hydrogen-bond acceptors (Lipinski definition) is 3. The van der Waals surface area contributed by atoms with Gasteiger partial charge in [0.2, 0.25) is 5.91 Å². The van der Waals surface area contributed by atoms with E-state index in [4.69, 9.17) is 11.6 Å². The number of anilines is 1. The molecule has 0 fully saturated rings. The van der Waals surface area contributed by atoms with Gasteiger partial charge in [-0.25, -0.2) is 9.97 Å². The van der Waals surface area contributed by atoms with E-state index in [0.717, 1.165) is 11.1 Å². The van der Waals surface area contributed by atoms with E-state index in [9.17, 15) is 4.79 Å². The zero-order valence-corrected chi connectivity index (χ0v) is 13.4. The highest BCUT2D eigenvalue weighted by molar-refractivity contribution is 6.33. The van der Waals surface area contributed by atoms with Crippen LogP contribution >= 0.6 is 11.6 Å². The summed E-state index contributed by atoms with van der Waals surface area (Å²) in [7, 11) is 0. The average Bonchev–Trinajstić information content (AvgIpc) is 2.63. The van der Waals surface area contributed by atoms with Gasteiger partial charge < -0.3 is 5.32 Å². The third kappa shape index (κ3) is 4.06. The van der Waals surface area contributed by atoms with Crippen LogP contribution in [-0.2, 0) is 4.79 Å². The van der Waals surface area contributed by atoms with Crippen molar-refractivity contribution in [2.75, 3.05) is 5.32 Å². The van der Waals surface area contributed by atoms with Crippen LogP contribution in [0.5, 0.6) is 0 Å². The topological polar surface area (TPSA) is 54.9 Å². The molecule has 4 nitrogen and oxygen atoms in total. The summed E-state index contributed by atoms with van der Waals surface area (Å²) >= 11 is 6.00. The number of carbonyl (C=O) groups is 1. The molecule has 5 heteroatoms. The van der Waals surface area contributed by atoms with E-state index in [0.29, 0.717) is 16.5 Å². The van der Waals surface area contributed by atoms with Crippen LogP contribution in [0.25, 0.3) is 17.5 Å². The maximum Gasteiger partial charge on any atom is 0.248 e. The van der Waals surface area contributed by atoms with E-state index in [2.05, 4.69) is 15.3 Å². The molecule has 0 saturated carbocycles. The molecule has 0 atom stereocenters. The molecule has 0 aliphatic heterocycles. The molecule has 24 heavy (non-hydrogen) atoms. The number of carbonyl (C=O) groups excluding carboxylic acids is 1. The zero-order chi connectivity index (χ0) is 16.8. The van der Waals surface area contributed by atoms with Gasteiger partial charge in [0.15, 0.2) is 5.82 Å². The first-order valence-electron chi connectivity index (χ1n) is 7.33. The van der Waals surface area contributed by atoms with Crippen molar-refractivity contribution in [2.24, 2.45) is 0 Å². The number of benzene rings is 2. The van der Waals surface area contributed by atoms with Gasteiger partial charge in [-0.3, -0.25) is 4.79 Å². The number of nitrogens with zero attached hydrogens (tertiary/aromatic N) is 2. The molecule has 3 aromatic rings. The Balaban J connectivity index is 1.66. The van der Waals surface area contributed by atoms with Crippen LogP contribution in [0.4, 0.5) is 5.69 Å². The standard InChI is InChI=1S/C19H14ClN3O/c20-16-8-4-5-9-17(16)23-18(24)11-10-14-12-21-19(22-13-14)15-6-2-1-3-7-15/h1-13H,(H,23,24)/b11-10+. The lowest BCUT2D eigenvalue weighted by atomic mass is 10.2. The average molecular weight is 336 g/mol. The van der Waals surface area contributed by atoms with Crippen molar-refractivity contribution in [1.82, 2.24) is 9.97 Å². The normalized spacial score (nSPS) is 10.7. The fourth-order valence-corrected chi connectivity index (χ4v) is 2.25. The van der Waals surface area contributed by atoms with Gasteiger partial charge in [0.1, 0.15) is 0 Å². The van der Waals surface area contributed by atoms with Gasteiger partial charge >= 0.3 is 0 Å². The molecule has 1 N–H and O–H groups in total. The van der Waals surface area contributed by atoms with Gasteiger partial charge in [0.05, 0.1) is 10.7 Å². The van der Waals surface area contributed by atoms with Crippen LogP contribution < -0.4 is 5.32 Å². The lowest BCUT2D eigenvalue weighted by molar-refractivity contribution is -0.111. The summed E-state index contributed by atoms with van der Waals surface area (Å²) in [6, 6.07) is 16.8. The van der Waals surface area contributed by atoms with Crippen LogP contribution in [0.2, 0.25) is 5.02 Å². The molecule has 1 amide bonds. The molecule has 0 aliphatic rings. The molecule has 0 unspecified atom stereocenters. The minimum absolute atomic E-state index is 0.268. The molecule has 0 radical (unpaired) electrons. The predicted molar refractivity (Wildman–Crippen MR) is 96.6 cm³/mol. The molecule has 1 heterocycles. The maximum absolute atomic E-state index is 11.9. The quantitative estimate of drug-likeness (QED) is 0.717. The van der Waals surface area contributed by atoms with Crippen LogP contribution in [0.1, 0.15) is 5.56 Å². The Morgan fingerprint density at radius 3 is 2.33 bits per heavy atom. The summed E-state index contributed by atoms with van der Waals surface area (Å²) < 4.78 is 0. The number of aromatic nitrogens is 2. The second-order valence-corrected chi connectivity index (χ2v) is 5.42. The fraction of sp³-hybridized carbons (Fsp3) is 0. The molecule has 118 valence electrons. The van der Waals surface area contributed by atoms with Gasteiger partial charge in [-0.1, -0.05) is 54.1 Å². The summed E-state index contributed by atoms with van der Waals surface area (Å²) in [6.07, 6.45) is 6.42. The van der Waals surface area contributed by atoms with Crippen LogP contribution in [0, 0.1) is 0 Å².